The molecule has 0 aliphatic carbocycles. The fourth-order valence-corrected chi connectivity index (χ4v) is 2.39. The number of nitrogens with zero attached hydrogens (tertiary/aromatic N) is 1. The summed E-state index contributed by atoms with van der Waals surface area (Å²) in [5.74, 6) is 0.263. The molecule has 0 spiro atoms. The van der Waals surface area contributed by atoms with Crippen LogP contribution in [-0.2, 0) is 9.59 Å². The van der Waals surface area contributed by atoms with Crippen LogP contribution < -0.4 is 4.74 Å². The maximum atomic E-state index is 12.2. The van der Waals surface area contributed by atoms with Crippen LogP contribution in [0.2, 0.25) is 0 Å². The quantitative estimate of drug-likeness (QED) is 0.806. The van der Waals surface area contributed by atoms with E-state index >= 15 is 0 Å². The standard InChI is InChI=1S/C18H21NO3/c1-13-11-15(12-16(22-3)14(13)2)8-9-18(21)19-10-6-4-5-7-17(19)20/h5,7-9,11-12H,4,6,10H2,1-3H3/b9-8+. The summed E-state index contributed by atoms with van der Waals surface area (Å²) < 4.78 is 5.33. The third-order valence-corrected chi connectivity index (χ3v) is 3.83. The van der Waals surface area contributed by atoms with E-state index in [1.54, 1.807) is 13.2 Å². The number of allylic oxidation sites excluding steroid dienone is 1. The Morgan fingerprint density at radius 1 is 1.32 bits per heavy atom. The normalized spacial score (nSPS) is 15.2. The third kappa shape index (κ3) is 3.64. The van der Waals surface area contributed by atoms with E-state index in [0.29, 0.717) is 6.54 Å². The van der Waals surface area contributed by atoms with Gasteiger partial charge in [0.25, 0.3) is 11.8 Å². The van der Waals surface area contributed by atoms with Gasteiger partial charge in [-0.25, -0.2) is 0 Å². The second-order valence-electron chi connectivity index (χ2n) is 5.37. The molecule has 0 bridgehead atoms. The Hall–Kier alpha value is -2.36. The highest BCUT2D eigenvalue weighted by atomic mass is 16.5. The first-order chi connectivity index (χ1) is 10.5. The molecule has 0 N–H and O–H groups in total. The minimum absolute atomic E-state index is 0.246. The summed E-state index contributed by atoms with van der Waals surface area (Å²) in [5, 5.41) is 0. The summed E-state index contributed by atoms with van der Waals surface area (Å²) in [6, 6.07) is 3.88. The Morgan fingerprint density at radius 3 is 2.82 bits per heavy atom. The number of ether oxygens (including phenoxy) is 1. The van der Waals surface area contributed by atoms with Gasteiger partial charge in [0, 0.05) is 12.6 Å². The number of methoxy groups -OCH3 is 1. The molecule has 0 saturated carbocycles. The second kappa shape index (κ2) is 7.07. The van der Waals surface area contributed by atoms with Crippen LogP contribution in [-0.4, -0.2) is 30.4 Å². The van der Waals surface area contributed by atoms with E-state index in [1.807, 2.05) is 32.1 Å². The molecule has 0 unspecified atom stereocenters. The molecule has 1 aliphatic heterocycles. The van der Waals surface area contributed by atoms with Crippen molar-refractivity contribution in [1.29, 1.82) is 0 Å². The van der Waals surface area contributed by atoms with Crippen molar-refractivity contribution in [1.82, 2.24) is 4.90 Å². The number of carbonyl (C=O) groups excluding carboxylic acids is 2. The molecule has 116 valence electrons. The predicted molar refractivity (Wildman–Crippen MR) is 86.6 cm³/mol. The van der Waals surface area contributed by atoms with E-state index in [9.17, 15) is 9.59 Å². The fraction of sp³-hybridized carbons (Fsp3) is 0.333. The van der Waals surface area contributed by atoms with Gasteiger partial charge in [0.05, 0.1) is 7.11 Å². The maximum Gasteiger partial charge on any atom is 0.253 e. The smallest absolute Gasteiger partial charge is 0.253 e. The van der Waals surface area contributed by atoms with E-state index in [-0.39, 0.29) is 11.8 Å². The van der Waals surface area contributed by atoms with Gasteiger partial charge in [0.2, 0.25) is 0 Å². The average Bonchev–Trinajstić information content (AvgIpc) is 2.72. The van der Waals surface area contributed by atoms with E-state index in [0.717, 1.165) is 35.3 Å². The highest BCUT2D eigenvalue weighted by Crippen LogP contribution is 2.24. The molecule has 0 fully saturated rings. The summed E-state index contributed by atoms with van der Waals surface area (Å²) >= 11 is 0. The predicted octanol–water partition coefficient (Wildman–Crippen LogP) is 3.03. The van der Waals surface area contributed by atoms with Gasteiger partial charge in [-0.05, 0) is 61.6 Å². The number of hydrogen-bond acceptors (Lipinski definition) is 3. The molecule has 2 rings (SSSR count). The fourth-order valence-electron chi connectivity index (χ4n) is 2.39. The number of imide groups is 1. The molecular weight excluding hydrogens is 278 g/mol. The Kier molecular flexibility index (Phi) is 5.15. The summed E-state index contributed by atoms with van der Waals surface area (Å²) in [6.45, 7) is 4.46. The van der Waals surface area contributed by atoms with Crippen LogP contribution in [0.1, 0.15) is 29.5 Å². The lowest BCUT2D eigenvalue weighted by Crippen LogP contribution is -2.34. The first kappa shape index (κ1) is 16.0. The molecule has 0 atom stereocenters. The van der Waals surface area contributed by atoms with Gasteiger partial charge in [-0.15, -0.1) is 0 Å². The van der Waals surface area contributed by atoms with Gasteiger partial charge >= 0.3 is 0 Å². The zero-order valence-electron chi connectivity index (χ0n) is 13.3. The van der Waals surface area contributed by atoms with Gasteiger partial charge in [-0.3, -0.25) is 14.5 Å². The molecule has 4 nitrogen and oxygen atoms in total. The van der Waals surface area contributed by atoms with Crippen LogP contribution >= 0.6 is 0 Å². The molecule has 1 aliphatic rings. The van der Waals surface area contributed by atoms with Gasteiger partial charge < -0.3 is 4.74 Å². The molecule has 1 aromatic carbocycles. The molecule has 1 aromatic rings. The number of hydrogen-bond donors (Lipinski definition) is 0. The van der Waals surface area contributed by atoms with Gasteiger partial charge in [0.15, 0.2) is 0 Å². The topological polar surface area (TPSA) is 46.6 Å². The van der Waals surface area contributed by atoms with Crippen molar-refractivity contribution in [3.05, 3.63) is 47.1 Å². The lowest BCUT2D eigenvalue weighted by Gasteiger charge is -2.15. The summed E-state index contributed by atoms with van der Waals surface area (Å²) in [4.78, 5) is 25.3. The Bertz CT molecular complexity index is 644. The molecule has 4 heteroatoms. The van der Waals surface area contributed by atoms with Gasteiger partial charge in [-0.1, -0.05) is 12.1 Å². The Morgan fingerprint density at radius 2 is 2.09 bits per heavy atom. The monoisotopic (exact) mass is 299 g/mol. The minimum atomic E-state index is -0.284. The van der Waals surface area contributed by atoms with Gasteiger partial charge in [-0.2, -0.15) is 0 Å². The molecule has 0 saturated heterocycles. The maximum absolute atomic E-state index is 12.2. The third-order valence-electron chi connectivity index (χ3n) is 3.83. The van der Waals surface area contributed by atoms with Crippen LogP contribution in [0.5, 0.6) is 5.75 Å². The minimum Gasteiger partial charge on any atom is -0.496 e. The molecule has 0 radical (unpaired) electrons. The van der Waals surface area contributed by atoms with Crippen molar-refractivity contribution >= 4 is 17.9 Å². The van der Waals surface area contributed by atoms with Crippen LogP contribution in [0.15, 0.2) is 30.4 Å². The van der Waals surface area contributed by atoms with Crippen LogP contribution in [0.3, 0.4) is 0 Å². The summed E-state index contributed by atoms with van der Waals surface area (Å²) in [6.07, 6.45) is 8.08. The van der Waals surface area contributed by atoms with E-state index in [4.69, 9.17) is 4.74 Å². The zero-order chi connectivity index (χ0) is 16.1. The highest BCUT2D eigenvalue weighted by Gasteiger charge is 2.18. The number of aryl methyl sites for hydroxylation is 1. The summed E-state index contributed by atoms with van der Waals surface area (Å²) in [5.41, 5.74) is 3.06. The molecular formula is C18H21NO3. The van der Waals surface area contributed by atoms with Crippen molar-refractivity contribution in [2.24, 2.45) is 0 Å². The van der Waals surface area contributed by atoms with E-state index < -0.39 is 0 Å². The largest absolute Gasteiger partial charge is 0.496 e. The number of carbonyl (C=O) groups is 2. The lowest BCUT2D eigenvalue weighted by molar-refractivity contribution is -0.138. The van der Waals surface area contributed by atoms with E-state index in [2.05, 4.69) is 0 Å². The molecule has 1 heterocycles. The molecule has 0 aromatic heterocycles. The van der Waals surface area contributed by atoms with E-state index in [1.165, 1.54) is 17.1 Å². The van der Waals surface area contributed by atoms with Crippen molar-refractivity contribution in [3.63, 3.8) is 0 Å². The molecule has 22 heavy (non-hydrogen) atoms. The van der Waals surface area contributed by atoms with Gasteiger partial charge in [0.1, 0.15) is 5.75 Å². The zero-order valence-corrected chi connectivity index (χ0v) is 13.3. The second-order valence-corrected chi connectivity index (χ2v) is 5.37. The van der Waals surface area contributed by atoms with Crippen molar-refractivity contribution in [2.45, 2.75) is 26.7 Å². The van der Waals surface area contributed by atoms with Crippen molar-refractivity contribution in [2.75, 3.05) is 13.7 Å². The van der Waals surface area contributed by atoms with Crippen molar-refractivity contribution < 1.29 is 14.3 Å². The SMILES string of the molecule is COc1cc(/C=C/C(=O)N2CCCC=CC2=O)cc(C)c1C. The molecule has 2 amide bonds. The first-order valence-electron chi connectivity index (χ1n) is 7.38. The van der Waals surface area contributed by atoms with Crippen LogP contribution in [0.25, 0.3) is 6.08 Å². The highest BCUT2D eigenvalue weighted by molar-refractivity contribution is 6.06. The number of amides is 2. The van der Waals surface area contributed by atoms with Crippen LogP contribution in [0.4, 0.5) is 0 Å². The average molecular weight is 299 g/mol. The van der Waals surface area contributed by atoms with Crippen molar-refractivity contribution in [3.8, 4) is 5.75 Å². The summed E-state index contributed by atoms with van der Waals surface area (Å²) in [7, 11) is 1.63. The van der Waals surface area contributed by atoms with Crippen LogP contribution in [0, 0.1) is 13.8 Å². The lowest BCUT2D eigenvalue weighted by atomic mass is 10.0. The number of rotatable bonds is 3. The first-order valence-corrected chi connectivity index (χ1v) is 7.38. The Balaban J connectivity index is 2.17. The number of benzene rings is 1. The Labute approximate surface area is 131 Å².